The maximum atomic E-state index is 3.73. The van der Waals surface area contributed by atoms with E-state index in [4.69, 9.17) is 0 Å². The van der Waals surface area contributed by atoms with E-state index in [9.17, 15) is 0 Å². The average molecular weight is 432 g/mol. The topological polar surface area (TPSA) is 12.0 Å². The molecule has 164 valence electrons. The van der Waals surface area contributed by atoms with Crippen LogP contribution in [0.5, 0.6) is 0 Å². The van der Waals surface area contributed by atoms with Crippen LogP contribution in [0.15, 0.2) is 72.8 Å². The van der Waals surface area contributed by atoms with Gasteiger partial charge in [0.15, 0.2) is 0 Å². The van der Waals surface area contributed by atoms with Crippen molar-refractivity contribution in [3.05, 3.63) is 90.3 Å². The van der Waals surface area contributed by atoms with Gasteiger partial charge in [0.2, 0.25) is 0 Å². The third-order valence-electron chi connectivity index (χ3n) is 7.02. The average Bonchev–Trinajstić information content (AvgIpc) is 3.22. The highest BCUT2D eigenvalue weighted by Crippen LogP contribution is 2.39. The molecule has 0 unspecified atom stereocenters. The first-order chi connectivity index (χ1) is 15.9. The standard InChI is InChI=1S/C30H29N3/c1-19(2)23-13-24(20(3)4)15-25(14-23)32-18-33-29-17-22-10-7-6-9-21(22)16-28(29)31(5)26-11-8-12-27(32)30(26)33/h6-17,19-20H,1-5H3. The van der Waals surface area contributed by atoms with Crippen LogP contribution < -0.4 is 9.47 Å². The maximum absolute atomic E-state index is 3.73. The van der Waals surface area contributed by atoms with E-state index in [1.54, 1.807) is 0 Å². The molecule has 0 saturated carbocycles. The van der Waals surface area contributed by atoms with Gasteiger partial charge < -0.3 is 4.90 Å². The summed E-state index contributed by atoms with van der Waals surface area (Å²) in [5.74, 6) is 0.946. The molecule has 0 radical (unpaired) electrons. The van der Waals surface area contributed by atoms with E-state index in [0.29, 0.717) is 11.8 Å². The van der Waals surface area contributed by atoms with Crippen molar-refractivity contribution in [3.8, 4) is 11.4 Å². The molecular weight excluding hydrogens is 402 g/mol. The molecule has 3 heteroatoms. The van der Waals surface area contributed by atoms with Crippen LogP contribution >= 0.6 is 0 Å². The molecule has 0 aliphatic carbocycles. The van der Waals surface area contributed by atoms with Crippen LogP contribution in [0.3, 0.4) is 0 Å². The lowest BCUT2D eigenvalue weighted by Gasteiger charge is -2.29. The molecule has 1 aliphatic rings. The highest BCUT2D eigenvalue weighted by molar-refractivity contribution is 5.97. The Morgan fingerprint density at radius 3 is 2.06 bits per heavy atom. The highest BCUT2D eigenvalue weighted by atomic mass is 15.2. The normalized spacial score (nSPS) is 12.9. The number of aromatic nitrogens is 2. The van der Waals surface area contributed by atoms with Gasteiger partial charge in [-0.3, -0.25) is 9.13 Å². The van der Waals surface area contributed by atoms with E-state index in [1.807, 2.05) is 0 Å². The van der Waals surface area contributed by atoms with Gasteiger partial charge >= 0.3 is 0 Å². The summed E-state index contributed by atoms with van der Waals surface area (Å²) in [5.41, 5.74) is 9.86. The Morgan fingerprint density at radius 1 is 0.727 bits per heavy atom. The van der Waals surface area contributed by atoms with Gasteiger partial charge in [-0.15, -0.1) is 0 Å². The summed E-state index contributed by atoms with van der Waals surface area (Å²) in [7, 11) is 2.17. The molecule has 0 amide bonds. The molecule has 0 spiro atoms. The molecule has 3 nitrogen and oxygen atoms in total. The molecule has 0 atom stereocenters. The van der Waals surface area contributed by atoms with Crippen LogP contribution in [0, 0.1) is 6.33 Å². The lowest BCUT2D eigenvalue weighted by Crippen LogP contribution is -2.36. The van der Waals surface area contributed by atoms with E-state index in [1.165, 1.54) is 55.7 Å². The van der Waals surface area contributed by atoms with Gasteiger partial charge in [-0.05, 0) is 64.1 Å². The molecule has 0 fully saturated rings. The van der Waals surface area contributed by atoms with E-state index in [-0.39, 0.29) is 0 Å². The number of rotatable bonds is 3. The smallest absolute Gasteiger partial charge is 0.269 e. The second kappa shape index (κ2) is 7.21. The molecule has 1 aliphatic heterocycles. The van der Waals surface area contributed by atoms with Gasteiger partial charge in [-0.25, -0.2) is 0 Å². The Kier molecular flexibility index (Phi) is 4.38. The molecule has 5 aromatic rings. The van der Waals surface area contributed by atoms with Gasteiger partial charge in [0, 0.05) is 12.7 Å². The van der Waals surface area contributed by atoms with Crippen LogP contribution in [0.2, 0.25) is 0 Å². The van der Waals surface area contributed by atoms with Crippen LogP contribution in [0.25, 0.3) is 33.2 Å². The van der Waals surface area contributed by atoms with Crippen molar-refractivity contribution in [2.75, 3.05) is 11.9 Å². The molecule has 33 heavy (non-hydrogen) atoms. The summed E-state index contributed by atoms with van der Waals surface area (Å²) < 4.78 is 4.50. The van der Waals surface area contributed by atoms with Gasteiger partial charge in [0.1, 0.15) is 5.52 Å². The Hall–Kier alpha value is -3.59. The third kappa shape index (κ3) is 2.99. The minimum absolute atomic E-state index is 0.473. The molecule has 0 N–H and O–H groups in total. The first-order valence-corrected chi connectivity index (χ1v) is 11.8. The lowest BCUT2D eigenvalue weighted by atomic mass is 9.95. The van der Waals surface area contributed by atoms with Gasteiger partial charge in [-0.1, -0.05) is 70.2 Å². The van der Waals surface area contributed by atoms with Crippen LogP contribution in [-0.4, -0.2) is 11.6 Å². The number of hydrogen-bond donors (Lipinski definition) is 0. The van der Waals surface area contributed by atoms with Crippen LogP contribution in [-0.2, 0) is 0 Å². The zero-order chi connectivity index (χ0) is 22.9. The Bertz CT molecular complexity index is 1510. The summed E-state index contributed by atoms with van der Waals surface area (Å²) in [4.78, 5) is 2.31. The van der Waals surface area contributed by atoms with Crippen molar-refractivity contribution in [2.24, 2.45) is 0 Å². The molecule has 1 aromatic heterocycles. The minimum Gasteiger partial charge on any atom is -0.351 e. The number of fused-ring (bicyclic) bond motifs is 3. The molecule has 4 aromatic carbocycles. The SMILES string of the molecule is CC(C)c1cc(C(C)C)cc(-n2[c-][n+]3c4c(cccc42)N(C)c2cc4ccccc4cc2-3)c1. The van der Waals surface area contributed by atoms with Gasteiger partial charge in [0.25, 0.3) is 6.33 Å². The summed E-state index contributed by atoms with van der Waals surface area (Å²) in [6.45, 7) is 9.07. The highest BCUT2D eigenvalue weighted by Gasteiger charge is 2.26. The Balaban J connectivity index is 1.67. The summed E-state index contributed by atoms with van der Waals surface area (Å²) in [6.07, 6.45) is 3.73. The number of anilines is 2. The van der Waals surface area contributed by atoms with E-state index in [0.717, 1.165) is 0 Å². The third-order valence-corrected chi connectivity index (χ3v) is 7.02. The second-order valence-corrected chi connectivity index (χ2v) is 9.83. The quantitative estimate of drug-likeness (QED) is 0.217. The number of imidazole rings is 1. The van der Waals surface area contributed by atoms with E-state index < -0.39 is 0 Å². The molecular formula is C30H29N3. The first-order valence-electron chi connectivity index (χ1n) is 11.8. The van der Waals surface area contributed by atoms with Gasteiger partial charge in [-0.2, -0.15) is 0 Å². The first kappa shape index (κ1) is 20.0. The zero-order valence-corrected chi connectivity index (χ0v) is 19.9. The summed E-state index contributed by atoms with van der Waals surface area (Å²) in [5, 5.41) is 2.50. The van der Waals surface area contributed by atoms with E-state index >= 15 is 0 Å². The summed E-state index contributed by atoms with van der Waals surface area (Å²) in [6, 6.07) is 26.8. The fraction of sp³-hybridized carbons (Fsp3) is 0.233. The molecule has 0 saturated heterocycles. The zero-order valence-electron chi connectivity index (χ0n) is 19.9. The largest absolute Gasteiger partial charge is 0.351 e. The van der Waals surface area contributed by atoms with Crippen LogP contribution in [0.1, 0.15) is 50.7 Å². The lowest BCUT2D eigenvalue weighted by molar-refractivity contribution is -0.572. The summed E-state index contributed by atoms with van der Waals surface area (Å²) >= 11 is 0. The predicted octanol–water partition coefficient (Wildman–Crippen LogP) is 7.19. The van der Waals surface area contributed by atoms with Crippen molar-refractivity contribution in [2.45, 2.75) is 39.5 Å². The van der Waals surface area contributed by atoms with Crippen molar-refractivity contribution in [1.82, 2.24) is 4.57 Å². The van der Waals surface area contributed by atoms with E-state index in [2.05, 4.69) is 128 Å². The van der Waals surface area contributed by atoms with Crippen molar-refractivity contribution in [3.63, 3.8) is 0 Å². The van der Waals surface area contributed by atoms with Crippen LogP contribution in [0.4, 0.5) is 11.4 Å². The van der Waals surface area contributed by atoms with Gasteiger partial charge in [0.05, 0.1) is 22.6 Å². The Morgan fingerprint density at radius 2 is 1.39 bits per heavy atom. The monoisotopic (exact) mass is 431 g/mol. The Labute approximate surface area is 195 Å². The minimum atomic E-state index is 0.473. The predicted molar refractivity (Wildman–Crippen MR) is 137 cm³/mol. The van der Waals surface area contributed by atoms with Crippen molar-refractivity contribution >= 4 is 33.2 Å². The molecule has 6 rings (SSSR count). The number of para-hydroxylation sites is 1. The number of hydrogen-bond acceptors (Lipinski definition) is 1. The fourth-order valence-electron chi connectivity index (χ4n) is 5.02. The van der Waals surface area contributed by atoms with Crippen molar-refractivity contribution in [1.29, 1.82) is 0 Å². The molecule has 0 bridgehead atoms. The number of nitrogens with zero attached hydrogens (tertiary/aromatic N) is 3. The maximum Gasteiger partial charge on any atom is 0.269 e. The second-order valence-electron chi connectivity index (χ2n) is 9.83. The number of benzene rings is 4. The fourth-order valence-corrected chi connectivity index (χ4v) is 5.02. The van der Waals surface area contributed by atoms with Crippen molar-refractivity contribution < 1.29 is 4.57 Å². The molecule has 2 heterocycles.